The second kappa shape index (κ2) is 5.84. The summed E-state index contributed by atoms with van der Waals surface area (Å²) in [4.78, 5) is 0. The van der Waals surface area contributed by atoms with E-state index < -0.39 is 0 Å². The minimum absolute atomic E-state index is 0.0238. The van der Waals surface area contributed by atoms with Crippen LogP contribution >= 0.6 is 27.5 Å². The van der Waals surface area contributed by atoms with E-state index in [1.807, 2.05) is 31.3 Å². The molecule has 0 bridgehead atoms. The van der Waals surface area contributed by atoms with E-state index in [1.54, 1.807) is 0 Å². The molecule has 1 unspecified atom stereocenters. The molecule has 1 N–H and O–H groups in total. The first kappa shape index (κ1) is 14.6. The van der Waals surface area contributed by atoms with Crippen LogP contribution in [0.3, 0.4) is 0 Å². The van der Waals surface area contributed by atoms with Gasteiger partial charge in [0.15, 0.2) is 0 Å². The fourth-order valence-electron chi connectivity index (χ4n) is 2.51. The maximum Gasteiger partial charge on any atom is 0.134 e. The van der Waals surface area contributed by atoms with Crippen LogP contribution in [-0.4, -0.2) is 7.05 Å². The van der Waals surface area contributed by atoms with Gasteiger partial charge in [-0.3, -0.25) is 0 Å². The van der Waals surface area contributed by atoms with E-state index in [4.69, 9.17) is 16.0 Å². The molecule has 0 saturated heterocycles. The van der Waals surface area contributed by atoms with Crippen LogP contribution in [-0.2, 0) is 0 Å². The molecule has 108 valence electrons. The van der Waals surface area contributed by atoms with Gasteiger partial charge in [-0.15, -0.1) is 0 Å². The number of hydrogen-bond acceptors (Lipinski definition) is 2. The maximum atomic E-state index is 6.02. The van der Waals surface area contributed by atoms with Gasteiger partial charge >= 0.3 is 0 Å². The molecule has 0 radical (unpaired) electrons. The lowest BCUT2D eigenvalue weighted by Gasteiger charge is -2.16. The van der Waals surface area contributed by atoms with E-state index in [0.717, 1.165) is 26.8 Å². The predicted octanol–water partition coefficient (Wildman–Crippen LogP) is 5.47. The number of halogens is 2. The lowest BCUT2D eigenvalue weighted by molar-refractivity contribution is 0.491. The molecule has 1 atom stereocenters. The molecule has 3 rings (SSSR count). The van der Waals surface area contributed by atoms with Crippen molar-refractivity contribution in [2.24, 2.45) is 0 Å². The lowest BCUT2D eigenvalue weighted by atomic mass is 10.0. The number of furan rings is 1. The minimum Gasteiger partial charge on any atom is -0.459 e. The number of nitrogens with one attached hydrogen (secondary N) is 1. The summed E-state index contributed by atoms with van der Waals surface area (Å²) in [5.74, 6) is 0.890. The van der Waals surface area contributed by atoms with Gasteiger partial charge in [0, 0.05) is 14.9 Å². The molecular formula is C17H15BrClNO. The fourth-order valence-corrected chi connectivity index (χ4v) is 3.42. The van der Waals surface area contributed by atoms with Gasteiger partial charge in [0.05, 0.1) is 6.04 Å². The quantitative estimate of drug-likeness (QED) is 0.667. The van der Waals surface area contributed by atoms with Crippen molar-refractivity contribution in [3.8, 4) is 0 Å². The van der Waals surface area contributed by atoms with E-state index in [-0.39, 0.29) is 6.04 Å². The van der Waals surface area contributed by atoms with Crippen LogP contribution < -0.4 is 5.32 Å². The van der Waals surface area contributed by atoms with E-state index in [1.165, 1.54) is 5.56 Å². The summed E-state index contributed by atoms with van der Waals surface area (Å²) in [6, 6.07) is 14.1. The average molecular weight is 365 g/mol. The summed E-state index contributed by atoms with van der Waals surface area (Å²) in [5, 5.41) is 5.13. The molecule has 0 aliphatic heterocycles. The Bertz CT molecular complexity index is 797. The predicted molar refractivity (Wildman–Crippen MR) is 91.0 cm³/mol. The standard InChI is InChI=1S/C17H15BrClNO/c1-10-3-6-15-11(7-10)8-16(21-15)17(20-2)13-5-4-12(19)9-14(13)18/h3-9,17,20H,1-2H3. The molecule has 1 aromatic heterocycles. The van der Waals surface area contributed by atoms with Gasteiger partial charge in [-0.05, 0) is 49.9 Å². The van der Waals surface area contributed by atoms with Gasteiger partial charge in [0.2, 0.25) is 0 Å². The van der Waals surface area contributed by atoms with Gasteiger partial charge in [-0.25, -0.2) is 0 Å². The van der Waals surface area contributed by atoms with Gasteiger partial charge in [-0.1, -0.05) is 45.2 Å². The maximum absolute atomic E-state index is 6.02. The van der Waals surface area contributed by atoms with E-state index in [0.29, 0.717) is 5.02 Å². The highest BCUT2D eigenvalue weighted by Crippen LogP contribution is 2.33. The molecular weight excluding hydrogens is 350 g/mol. The SMILES string of the molecule is CNC(c1cc2cc(C)ccc2o1)c1ccc(Cl)cc1Br. The lowest BCUT2D eigenvalue weighted by Crippen LogP contribution is -2.17. The Morgan fingerprint density at radius 1 is 1.14 bits per heavy atom. The number of hydrogen-bond donors (Lipinski definition) is 1. The Hall–Kier alpha value is -1.29. The van der Waals surface area contributed by atoms with Crippen LogP contribution in [0, 0.1) is 6.92 Å². The third-order valence-electron chi connectivity index (χ3n) is 3.54. The summed E-state index contributed by atoms with van der Waals surface area (Å²) in [6.45, 7) is 2.08. The van der Waals surface area contributed by atoms with Crippen LogP contribution in [0.15, 0.2) is 51.4 Å². The first-order chi connectivity index (χ1) is 10.1. The Balaban J connectivity index is 2.09. The largest absolute Gasteiger partial charge is 0.459 e. The zero-order chi connectivity index (χ0) is 15.0. The molecule has 3 aromatic rings. The molecule has 0 spiro atoms. The third-order valence-corrected chi connectivity index (χ3v) is 4.46. The molecule has 1 heterocycles. The smallest absolute Gasteiger partial charge is 0.134 e. The minimum atomic E-state index is -0.0238. The number of benzene rings is 2. The Labute approximate surface area is 137 Å². The Morgan fingerprint density at radius 3 is 2.67 bits per heavy atom. The zero-order valence-corrected chi connectivity index (χ0v) is 14.1. The zero-order valence-electron chi connectivity index (χ0n) is 11.8. The van der Waals surface area contributed by atoms with Gasteiger partial charge in [0.25, 0.3) is 0 Å². The second-order valence-electron chi connectivity index (χ2n) is 5.08. The van der Waals surface area contributed by atoms with E-state index in [2.05, 4.69) is 46.4 Å². The van der Waals surface area contributed by atoms with Crippen molar-refractivity contribution < 1.29 is 4.42 Å². The molecule has 0 aliphatic carbocycles. The molecule has 0 aliphatic rings. The van der Waals surface area contributed by atoms with Crippen molar-refractivity contribution in [3.63, 3.8) is 0 Å². The molecule has 2 aromatic carbocycles. The van der Waals surface area contributed by atoms with Crippen molar-refractivity contribution in [2.45, 2.75) is 13.0 Å². The molecule has 0 saturated carbocycles. The molecule has 0 fully saturated rings. The molecule has 4 heteroatoms. The van der Waals surface area contributed by atoms with Gasteiger partial charge in [-0.2, -0.15) is 0 Å². The molecule has 2 nitrogen and oxygen atoms in total. The number of aryl methyl sites for hydroxylation is 1. The highest BCUT2D eigenvalue weighted by Gasteiger charge is 2.19. The summed E-state index contributed by atoms with van der Waals surface area (Å²) >= 11 is 9.59. The first-order valence-electron chi connectivity index (χ1n) is 6.71. The van der Waals surface area contributed by atoms with Crippen molar-refractivity contribution in [2.75, 3.05) is 7.05 Å². The second-order valence-corrected chi connectivity index (χ2v) is 6.37. The van der Waals surface area contributed by atoms with Crippen LogP contribution in [0.5, 0.6) is 0 Å². The highest BCUT2D eigenvalue weighted by atomic mass is 79.9. The highest BCUT2D eigenvalue weighted by molar-refractivity contribution is 9.10. The van der Waals surface area contributed by atoms with Gasteiger partial charge < -0.3 is 9.73 Å². The fraction of sp³-hybridized carbons (Fsp3) is 0.176. The topological polar surface area (TPSA) is 25.2 Å². The van der Waals surface area contributed by atoms with Crippen LogP contribution in [0.25, 0.3) is 11.0 Å². The van der Waals surface area contributed by atoms with Crippen molar-refractivity contribution in [1.82, 2.24) is 5.32 Å². The summed E-state index contributed by atoms with van der Waals surface area (Å²) in [6.07, 6.45) is 0. The van der Waals surface area contributed by atoms with Crippen LogP contribution in [0.2, 0.25) is 5.02 Å². The number of rotatable bonds is 3. The van der Waals surface area contributed by atoms with Gasteiger partial charge in [0.1, 0.15) is 11.3 Å². The van der Waals surface area contributed by atoms with Crippen LogP contribution in [0.4, 0.5) is 0 Å². The summed E-state index contributed by atoms with van der Waals surface area (Å²) in [7, 11) is 1.92. The Kier molecular flexibility index (Phi) is 4.07. The Morgan fingerprint density at radius 2 is 1.95 bits per heavy atom. The average Bonchev–Trinajstić information content (AvgIpc) is 2.84. The summed E-state index contributed by atoms with van der Waals surface area (Å²) in [5.41, 5.74) is 3.22. The monoisotopic (exact) mass is 363 g/mol. The van der Waals surface area contributed by atoms with E-state index >= 15 is 0 Å². The first-order valence-corrected chi connectivity index (χ1v) is 7.88. The van der Waals surface area contributed by atoms with E-state index in [9.17, 15) is 0 Å². The normalized spacial score (nSPS) is 12.8. The van der Waals surface area contributed by atoms with Crippen molar-refractivity contribution in [3.05, 3.63) is 68.8 Å². The van der Waals surface area contributed by atoms with Crippen LogP contribution in [0.1, 0.15) is 22.9 Å². The molecule has 21 heavy (non-hydrogen) atoms. The molecule has 0 amide bonds. The third kappa shape index (κ3) is 2.86. The van der Waals surface area contributed by atoms with Crippen molar-refractivity contribution in [1.29, 1.82) is 0 Å². The van der Waals surface area contributed by atoms with Crippen molar-refractivity contribution >= 4 is 38.5 Å². The summed E-state index contributed by atoms with van der Waals surface area (Å²) < 4.78 is 6.96. The number of fused-ring (bicyclic) bond motifs is 1.